The summed E-state index contributed by atoms with van der Waals surface area (Å²) in [5, 5.41) is 16.9. The van der Waals surface area contributed by atoms with Gasteiger partial charge in [0, 0.05) is 18.7 Å². The van der Waals surface area contributed by atoms with Crippen LogP contribution in [-0.4, -0.2) is 45.8 Å². The van der Waals surface area contributed by atoms with Crippen LogP contribution < -0.4 is 5.32 Å². The molecule has 0 saturated heterocycles. The number of carbonyl (C=O) groups excluding carboxylic acids is 1. The largest absolute Gasteiger partial charge is 0.338 e. The molecule has 0 spiro atoms. The Bertz CT molecular complexity index is 1410. The molecule has 2 N–H and O–H groups in total. The summed E-state index contributed by atoms with van der Waals surface area (Å²) in [6.45, 7) is 0.701. The first-order chi connectivity index (χ1) is 16.5. The minimum absolute atomic E-state index is 0.0790. The Hall–Kier alpha value is -3.89. The highest BCUT2D eigenvalue weighted by molar-refractivity contribution is 7.89. The number of H-pyrrole nitrogens is 1. The zero-order chi connectivity index (χ0) is 23.5. The normalized spacial score (nSPS) is 14.8. The number of fused-ring (bicyclic) bond motifs is 1. The van der Waals surface area contributed by atoms with Crippen molar-refractivity contribution in [2.45, 2.75) is 23.9 Å². The molecule has 1 amide bonds. The molecule has 1 atom stereocenters. The van der Waals surface area contributed by atoms with Gasteiger partial charge in [0.05, 0.1) is 4.90 Å². The number of carbonyl (C=O) groups is 1. The number of tetrazole rings is 1. The highest BCUT2D eigenvalue weighted by atomic mass is 32.2. The number of nitrogens with one attached hydrogen (secondary N) is 2. The third-order valence-corrected chi connectivity index (χ3v) is 7.70. The molecule has 34 heavy (non-hydrogen) atoms. The number of hydrogen-bond acceptors (Lipinski definition) is 6. The number of rotatable bonds is 6. The monoisotopic (exact) mass is 474 g/mol. The van der Waals surface area contributed by atoms with Crippen LogP contribution in [0.3, 0.4) is 0 Å². The summed E-state index contributed by atoms with van der Waals surface area (Å²) in [6, 6.07) is 22.5. The predicted octanol–water partition coefficient (Wildman–Crippen LogP) is 2.47. The zero-order valence-electron chi connectivity index (χ0n) is 18.1. The number of amides is 1. The average Bonchev–Trinajstić information content (AvgIpc) is 3.42. The van der Waals surface area contributed by atoms with Crippen molar-refractivity contribution in [2.75, 3.05) is 6.54 Å². The van der Waals surface area contributed by atoms with Crippen molar-refractivity contribution in [3.63, 3.8) is 0 Å². The van der Waals surface area contributed by atoms with Crippen LogP contribution in [-0.2, 0) is 23.0 Å². The van der Waals surface area contributed by atoms with Gasteiger partial charge in [-0.25, -0.2) is 8.42 Å². The Kier molecular flexibility index (Phi) is 5.91. The van der Waals surface area contributed by atoms with E-state index in [1.165, 1.54) is 16.4 Å². The van der Waals surface area contributed by atoms with Gasteiger partial charge in [-0.3, -0.25) is 4.79 Å². The van der Waals surface area contributed by atoms with E-state index in [1.54, 1.807) is 12.1 Å². The first-order valence-electron chi connectivity index (χ1n) is 10.8. The average molecular weight is 475 g/mol. The molecular formula is C24H22N6O3S. The summed E-state index contributed by atoms with van der Waals surface area (Å²) in [6.07, 6.45) is 0.652. The topological polar surface area (TPSA) is 121 Å². The summed E-state index contributed by atoms with van der Waals surface area (Å²) in [7, 11) is -3.77. The van der Waals surface area contributed by atoms with Gasteiger partial charge in [-0.2, -0.15) is 9.52 Å². The van der Waals surface area contributed by atoms with E-state index in [4.69, 9.17) is 0 Å². The minimum Gasteiger partial charge on any atom is -0.338 e. The van der Waals surface area contributed by atoms with Crippen molar-refractivity contribution in [3.05, 3.63) is 107 Å². The summed E-state index contributed by atoms with van der Waals surface area (Å²) < 4.78 is 28.2. The summed E-state index contributed by atoms with van der Waals surface area (Å²) in [5.41, 5.74) is 3.16. The van der Waals surface area contributed by atoms with Crippen LogP contribution in [0.15, 0.2) is 83.8 Å². The van der Waals surface area contributed by atoms with Gasteiger partial charge in [-0.05, 0) is 41.3 Å². The van der Waals surface area contributed by atoms with Crippen molar-refractivity contribution in [2.24, 2.45) is 0 Å². The Labute approximate surface area is 196 Å². The lowest BCUT2D eigenvalue weighted by atomic mass is 10.0. The van der Waals surface area contributed by atoms with E-state index in [2.05, 4.69) is 25.9 Å². The molecule has 10 heteroatoms. The lowest BCUT2D eigenvalue weighted by Crippen LogP contribution is -2.36. The lowest BCUT2D eigenvalue weighted by molar-refractivity contribution is 0.0941. The van der Waals surface area contributed by atoms with Gasteiger partial charge < -0.3 is 5.32 Å². The molecule has 0 aliphatic carbocycles. The highest BCUT2D eigenvalue weighted by Gasteiger charge is 2.29. The van der Waals surface area contributed by atoms with Gasteiger partial charge in [0.1, 0.15) is 6.04 Å². The molecule has 2 heterocycles. The standard InChI is InChI=1S/C24H22N6O3S/c31-24(25-22(23-26-28-29-27-23)18-8-2-1-3-9-18)19-11-6-12-21(15-19)34(32,33)30-14-13-17-7-4-5-10-20(17)16-30/h1-12,15,22H,13-14,16H2,(H,25,31)(H,26,27,28,29). The highest BCUT2D eigenvalue weighted by Crippen LogP contribution is 2.26. The third-order valence-electron chi connectivity index (χ3n) is 5.86. The fourth-order valence-electron chi connectivity index (χ4n) is 4.07. The molecule has 9 nitrogen and oxygen atoms in total. The van der Waals surface area contributed by atoms with Gasteiger partial charge in [0.2, 0.25) is 15.8 Å². The fraction of sp³-hybridized carbons (Fsp3) is 0.167. The molecule has 1 aliphatic rings. The second kappa shape index (κ2) is 9.16. The smallest absolute Gasteiger partial charge is 0.252 e. The molecule has 4 aromatic rings. The van der Waals surface area contributed by atoms with E-state index >= 15 is 0 Å². The first-order valence-corrected chi connectivity index (χ1v) is 12.2. The number of aromatic amines is 1. The molecule has 1 aromatic heterocycles. The second-order valence-electron chi connectivity index (χ2n) is 7.97. The van der Waals surface area contributed by atoms with Crippen LogP contribution in [0, 0.1) is 0 Å². The molecule has 0 saturated carbocycles. The van der Waals surface area contributed by atoms with E-state index in [9.17, 15) is 13.2 Å². The maximum atomic E-state index is 13.4. The Morgan fingerprint density at radius 3 is 2.50 bits per heavy atom. The number of hydrogen-bond donors (Lipinski definition) is 2. The van der Waals surface area contributed by atoms with Gasteiger partial charge in [-0.1, -0.05) is 65.9 Å². The van der Waals surface area contributed by atoms with Gasteiger partial charge >= 0.3 is 0 Å². The number of aromatic nitrogens is 4. The van der Waals surface area contributed by atoms with Crippen molar-refractivity contribution >= 4 is 15.9 Å². The van der Waals surface area contributed by atoms with Gasteiger partial charge in [0.25, 0.3) is 5.91 Å². The number of nitrogens with zero attached hydrogens (tertiary/aromatic N) is 4. The Balaban J connectivity index is 1.40. The molecule has 3 aromatic carbocycles. The molecular weight excluding hydrogens is 452 g/mol. The maximum Gasteiger partial charge on any atom is 0.252 e. The quantitative estimate of drug-likeness (QED) is 0.443. The molecule has 1 aliphatic heterocycles. The minimum atomic E-state index is -3.77. The van der Waals surface area contributed by atoms with E-state index < -0.39 is 22.0 Å². The summed E-state index contributed by atoms with van der Waals surface area (Å²) >= 11 is 0. The van der Waals surface area contributed by atoms with Crippen LogP contribution in [0.25, 0.3) is 0 Å². The summed E-state index contributed by atoms with van der Waals surface area (Å²) in [5.74, 6) is -0.144. The van der Waals surface area contributed by atoms with Crippen LogP contribution in [0.4, 0.5) is 0 Å². The molecule has 0 fully saturated rings. The molecule has 0 radical (unpaired) electrons. The van der Waals surface area contributed by atoms with Gasteiger partial charge in [-0.15, -0.1) is 10.2 Å². The zero-order valence-corrected chi connectivity index (χ0v) is 18.9. The number of benzene rings is 3. The van der Waals surface area contributed by atoms with Crippen molar-refractivity contribution in [1.82, 2.24) is 30.2 Å². The molecule has 0 bridgehead atoms. The van der Waals surface area contributed by atoms with Crippen LogP contribution in [0.5, 0.6) is 0 Å². The maximum absolute atomic E-state index is 13.4. The van der Waals surface area contributed by atoms with Crippen molar-refractivity contribution in [1.29, 1.82) is 0 Å². The molecule has 1 unspecified atom stereocenters. The van der Waals surface area contributed by atoms with Crippen LogP contribution >= 0.6 is 0 Å². The van der Waals surface area contributed by atoms with Crippen LogP contribution in [0.2, 0.25) is 0 Å². The van der Waals surface area contributed by atoms with Crippen molar-refractivity contribution in [3.8, 4) is 0 Å². The molecule has 172 valence electrons. The SMILES string of the molecule is O=C(NC(c1ccccc1)c1nn[nH]n1)c1cccc(S(=O)(=O)N2CCc3ccccc3C2)c1. The Morgan fingerprint density at radius 1 is 0.971 bits per heavy atom. The van der Waals surface area contributed by atoms with Gasteiger partial charge in [0.15, 0.2) is 0 Å². The predicted molar refractivity (Wildman–Crippen MR) is 124 cm³/mol. The lowest BCUT2D eigenvalue weighted by Gasteiger charge is -2.28. The van der Waals surface area contributed by atoms with Crippen LogP contribution in [0.1, 0.15) is 38.9 Å². The third kappa shape index (κ3) is 4.33. The van der Waals surface area contributed by atoms with Crippen molar-refractivity contribution < 1.29 is 13.2 Å². The Morgan fingerprint density at radius 2 is 1.74 bits per heavy atom. The molecule has 5 rings (SSSR count). The van der Waals surface area contributed by atoms with E-state index in [0.29, 0.717) is 25.3 Å². The van der Waals surface area contributed by atoms with E-state index in [-0.39, 0.29) is 10.5 Å². The van der Waals surface area contributed by atoms with E-state index in [0.717, 1.165) is 16.7 Å². The fourth-order valence-corrected chi connectivity index (χ4v) is 5.54. The summed E-state index contributed by atoms with van der Waals surface area (Å²) in [4.78, 5) is 13.2. The van der Waals surface area contributed by atoms with E-state index in [1.807, 2.05) is 54.6 Å². The number of sulfonamides is 1. The second-order valence-corrected chi connectivity index (χ2v) is 9.91. The first kappa shape index (κ1) is 21.9.